The third-order valence-corrected chi connectivity index (χ3v) is 3.33. The second-order valence-corrected chi connectivity index (χ2v) is 4.69. The number of nitrogens with zero attached hydrogens (tertiary/aromatic N) is 3. The van der Waals surface area contributed by atoms with Crippen molar-refractivity contribution in [2.24, 2.45) is 5.92 Å². The van der Waals surface area contributed by atoms with E-state index in [-0.39, 0.29) is 0 Å². The predicted octanol–water partition coefficient (Wildman–Crippen LogP) is 0.854. The molecule has 90 valence electrons. The summed E-state index contributed by atoms with van der Waals surface area (Å²) in [5, 5.41) is 7.93. The molecule has 0 saturated carbocycles. The van der Waals surface area contributed by atoms with Crippen molar-refractivity contribution in [3.05, 3.63) is 24.0 Å². The van der Waals surface area contributed by atoms with Gasteiger partial charge in [0.05, 0.1) is 5.69 Å². The van der Waals surface area contributed by atoms with Crippen molar-refractivity contribution in [3.8, 4) is 0 Å². The van der Waals surface area contributed by atoms with Crippen LogP contribution in [0, 0.1) is 5.92 Å². The van der Waals surface area contributed by atoms with E-state index in [9.17, 15) is 0 Å². The summed E-state index contributed by atoms with van der Waals surface area (Å²) in [6, 6.07) is 3.80. The molecule has 1 fully saturated rings. The van der Waals surface area contributed by atoms with Gasteiger partial charge < -0.3 is 11.1 Å². The minimum absolute atomic E-state index is 0.642. The summed E-state index contributed by atoms with van der Waals surface area (Å²) in [5.74, 6) is 1.33. The van der Waals surface area contributed by atoms with Crippen LogP contribution in [0.5, 0.6) is 0 Å². The largest absolute Gasteiger partial charge is 0.384 e. The van der Waals surface area contributed by atoms with Crippen LogP contribution in [0.3, 0.4) is 0 Å². The molecule has 0 amide bonds. The highest BCUT2D eigenvalue weighted by atomic mass is 15.3. The molecule has 5 nitrogen and oxygen atoms in total. The lowest BCUT2D eigenvalue weighted by molar-refractivity contribution is 0.373. The van der Waals surface area contributed by atoms with Gasteiger partial charge in [0.2, 0.25) is 0 Å². The standard InChI is InChI=1S/C12H17N5/c13-11-3-5-15-12-7-10(16-17(11)12)6-9-2-1-4-14-8-9/h3,5,7,9,14H,1-2,4,6,8,13H2. The van der Waals surface area contributed by atoms with Crippen molar-refractivity contribution in [1.29, 1.82) is 0 Å². The first kappa shape index (κ1) is 10.5. The molecule has 0 aromatic carbocycles. The fourth-order valence-electron chi connectivity index (χ4n) is 2.46. The zero-order valence-corrected chi connectivity index (χ0v) is 9.76. The minimum atomic E-state index is 0.642. The van der Waals surface area contributed by atoms with Gasteiger partial charge in [-0.1, -0.05) is 0 Å². The number of nitrogens with one attached hydrogen (secondary N) is 1. The number of piperidine rings is 1. The molecular weight excluding hydrogens is 214 g/mol. The molecule has 2 aromatic rings. The molecule has 1 atom stereocenters. The first-order valence-corrected chi connectivity index (χ1v) is 6.13. The van der Waals surface area contributed by atoms with Crippen molar-refractivity contribution in [2.75, 3.05) is 18.8 Å². The molecule has 0 aliphatic carbocycles. The van der Waals surface area contributed by atoms with E-state index in [1.165, 1.54) is 12.8 Å². The van der Waals surface area contributed by atoms with Gasteiger partial charge in [0.1, 0.15) is 5.82 Å². The highest BCUT2D eigenvalue weighted by Crippen LogP contribution is 2.17. The second-order valence-electron chi connectivity index (χ2n) is 4.69. The summed E-state index contributed by atoms with van der Waals surface area (Å²) in [7, 11) is 0. The Bertz CT molecular complexity index is 513. The molecule has 5 heteroatoms. The van der Waals surface area contributed by atoms with Gasteiger partial charge >= 0.3 is 0 Å². The number of anilines is 1. The summed E-state index contributed by atoms with van der Waals surface area (Å²) in [6.07, 6.45) is 5.27. The van der Waals surface area contributed by atoms with Crippen LogP contribution < -0.4 is 11.1 Å². The van der Waals surface area contributed by atoms with E-state index in [1.54, 1.807) is 16.8 Å². The van der Waals surface area contributed by atoms with E-state index < -0.39 is 0 Å². The summed E-state index contributed by atoms with van der Waals surface area (Å²) in [5.41, 5.74) is 7.77. The minimum Gasteiger partial charge on any atom is -0.384 e. The summed E-state index contributed by atoms with van der Waals surface area (Å²) < 4.78 is 1.71. The van der Waals surface area contributed by atoms with Gasteiger partial charge in [-0.25, -0.2) is 4.98 Å². The third-order valence-electron chi connectivity index (χ3n) is 3.33. The Morgan fingerprint density at radius 3 is 3.24 bits per heavy atom. The SMILES string of the molecule is Nc1ccnc2cc(CC3CCCNC3)nn12. The molecule has 0 bridgehead atoms. The summed E-state index contributed by atoms with van der Waals surface area (Å²) in [6.45, 7) is 2.24. The van der Waals surface area contributed by atoms with Gasteiger partial charge in [0.15, 0.2) is 5.65 Å². The monoisotopic (exact) mass is 231 g/mol. The Labute approximate surface area is 100 Å². The molecule has 1 aliphatic heterocycles. The topological polar surface area (TPSA) is 68.2 Å². The average molecular weight is 231 g/mol. The van der Waals surface area contributed by atoms with Crippen LogP contribution in [-0.2, 0) is 6.42 Å². The Morgan fingerprint density at radius 2 is 2.47 bits per heavy atom. The quantitative estimate of drug-likeness (QED) is 0.804. The highest BCUT2D eigenvalue weighted by molar-refractivity contribution is 5.46. The van der Waals surface area contributed by atoms with Crippen molar-refractivity contribution < 1.29 is 0 Å². The maximum Gasteiger partial charge on any atom is 0.157 e. The van der Waals surface area contributed by atoms with Crippen molar-refractivity contribution >= 4 is 11.5 Å². The van der Waals surface area contributed by atoms with E-state index in [1.807, 2.05) is 6.07 Å². The van der Waals surface area contributed by atoms with Crippen LogP contribution in [0.4, 0.5) is 5.82 Å². The lowest BCUT2D eigenvalue weighted by Crippen LogP contribution is -2.30. The van der Waals surface area contributed by atoms with E-state index in [2.05, 4.69) is 15.4 Å². The number of hydrogen-bond donors (Lipinski definition) is 2. The number of rotatable bonds is 2. The molecule has 1 saturated heterocycles. The number of aromatic nitrogens is 3. The smallest absolute Gasteiger partial charge is 0.157 e. The molecule has 1 unspecified atom stereocenters. The van der Waals surface area contributed by atoms with Crippen LogP contribution in [0.15, 0.2) is 18.3 Å². The zero-order valence-electron chi connectivity index (χ0n) is 9.76. The van der Waals surface area contributed by atoms with Gasteiger partial charge in [0, 0.05) is 12.3 Å². The van der Waals surface area contributed by atoms with Gasteiger partial charge in [-0.05, 0) is 44.3 Å². The van der Waals surface area contributed by atoms with Crippen LogP contribution >= 0.6 is 0 Å². The number of hydrogen-bond acceptors (Lipinski definition) is 4. The zero-order chi connectivity index (χ0) is 11.7. The van der Waals surface area contributed by atoms with E-state index in [0.29, 0.717) is 11.7 Å². The Morgan fingerprint density at radius 1 is 1.53 bits per heavy atom. The third kappa shape index (κ3) is 2.10. The lowest BCUT2D eigenvalue weighted by atomic mass is 9.95. The fourth-order valence-corrected chi connectivity index (χ4v) is 2.46. The Hall–Kier alpha value is -1.62. The van der Waals surface area contributed by atoms with Crippen molar-refractivity contribution in [1.82, 2.24) is 19.9 Å². The molecule has 1 aliphatic rings. The van der Waals surface area contributed by atoms with Crippen LogP contribution in [-0.4, -0.2) is 27.7 Å². The fraction of sp³-hybridized carbons (Fsp3) is 0.500. The number of nitrogens with two attached hydrogens (primary N) is 1. The normalized spacial score (nSPS) is 20.8. The molecule has 3 N–H and O–H groups in total. The molecule has 17 heavy (non-hydrogen) atoms. The van der Waals surface area contributed by atoms with Gasteiger partial charge in [-0.3, -0.25) is 0 Å². The number of nitrogen functional groups attached to an aromatic ring is 1. The predicted molar refractivity (Wildman–Crippen MR) is 66.7 cm³/mol. The maximum atomic E-state index is 5.85. The van der Waals surface area contributed by atoms with E-state index >= 15 is 0 Å². The molecule has 0 spiro atoms. The lowest BCUT2D eigenvalue weighted by Gasteiger charge is -2.21. The van der Waals surface area contributed by atoms with Crippen molar-refractivity contribution in [3.63, 3.8) is 0 Å². The molecule has 3 rings (SSSR count). The first-order valence-electron chi connectivity index (χ1n) is 6.13. The summed E-state index contributed by atoms with van der Waals surface area (Å²) >= 11 is 0. The number of fused-ring (bicyclic) bond motifs is 1. The van der Waals surface area contributed by atoms with E-state index in [0.717, 1.165) is 30.9 Å². The van der Waals surface area contributed by atoms with Crippen LogP contribution in [0.2, 0.25) is 0 Å². The van der Waals surface area contributed by atoms with Gasteiger partial charge in [-0.2, -0.15) is 9.61 Å². The van der Waals surface area contributed by atoms with Crippen LogP contribution in [0.1, 0.15) is 18.5 Å². The van der Waals surface area contributed by atoms with E-state index in [4.69, 9.17) is 5.73 Å². The van der Waals surface area contributed by atoms with Gasteiger partial charge in [0.25, 0.3) is 0 Å². The second kappa shape index (κ2) is 4.33. The Kier molecular flexibility index (Phi) is 2.68. The molecule has 3 heterocycles. The first-order chi connectivity index (χ1) is 8.33. The molecule has 0 radical (unpaired) electrons. The Balaban J connectivity index is 1.83. The molecule has 2 aromatic heterocycles. The maximum absolute atomic E-state index is 5.85. The molecular formula is C12H17N5. The highest BCUT2D eigenvalue weighted by Gasteiger charge is 2.15. The van der Waals surface area contributed by atoms with Crippen molar-refractivity contribution in [2.45, 2.75) is 19.3 Å². The average Bonchev–Trinajstić information content (AvgIpc) is 2.74. The van der Waals surface area contributed by atoms with Crippen LogP contribution in [0.25, 0.3) is 5.65 Å². The van der Waals surface area contributed by atoms with Gasteiger partial charge in [-0.15, -0.1) is 0 Å². The summed E-state index contributed by atoms with van der Waals surface area (Å²) in [4.78, 5) is 4.26.